The van der Waals surface area contributed by atoms with Crippen molar-refractivity contribution in [2.45, 2.75) is 39.2 Å². The van der Waals surface area contributed by atoms with Gasteiger partial charge in [-0.05, 0) is 31.2 Å². The van der Waals surface area contributed by atoms with Gasteiger partial charge < -0.3 is 10.1 Å². The molecule has 18 heavy (non-hydrogen) atoms. The van der Waals surface area contributed by atoms with E-state index in [0.717, 1.165) is 5.56 Å². The highest BCUT2D eigenvalue weighted by Gasteiger charge is 2.39. The summed E-state index contributed by atoms with van der Waals surface area (Å²) < 4.78 is 5.01. The molecule has 0 radical (unpaired) electrons. The van der Waals surface area contributed by atoms with Gasteiger partial charge >= 0.3 is 6.01 Å². The molecule has 0 bridgehead atoms. The average Bonchev–Trinajstić information content (AvgIpc) is 2.71. The fraction of sp³-hybridized carbons (Fsp3) is 0.714. The van der Waals surface area contributed by atoms with Gasteiger partial charge in [0.05, 0.1) is 7.11 Å². The number of aromatic nitrogens is 2. The zero-order valence-corrected chi connectivity index (χ0v) is 11.7. The minimum atomic E-state index is 0.327. The van der Waals surface area contributed by atoms with Gasteiger partial charge in [0.1, 0.15) is 0 Å². The molecule has 2 rings (SSSR count). The molecule has 0 amide bonds. The second-order valence-electron chi connectivity index (χ2n) is 5.76. The molecule has 0 aromatic carbocycles. The van der Waals surface area contributed by atoms with E-state index >= 15 is 0 Å². The molecular weight excluding hydrogens is 226 g/mol. The zero-order valence-electron chi connectivity index (χ0n) is 11.7. The summed E-state index contributed by atoms with van der Waals surface area (Å²) in [5, 5.41) is 3.43. The summed E-state index contributed by atoms with van der Waals surface area (Å²) in [6.07, 6.45) is 7.63. The van der Waals surface area contributed by atoms with E-state index in [1.165, 1.54) is 19.3 Å². The Morgan fingerprint density at radius 3 is 2.50 bits per heavy atom. The second kappa shape index (κ2) is 5.22. The fourth-order valence-electron chi connectivity index (χ4n) is 3.16. The third-order valence-electron chi connectivity index (χ3n) is 4.24. The van der Waals surface area contributed by atoms with E-state index in [0.29, 0.717) is 23.4 Å². The number of methoxy groups -OCH3 is 1. The number of ether oxygens (including phenoxy) is 1. The van der Waals surface area contributed by atoms with Crippen molar-refractivity contribution in [2.75, 3.05) is 14.2 Å². The van der Waals surface area contributed by atoms with Crippen LogP contribution in [-0.2, 0) is 0 Å². The number of hydrogen-bond donors (Lipinski definition) is 1. The van der Waals surface area contributed by atoms with Crippen LogP contribution in [0.3, 0.4) is 0 Å². The van der Waals surface area contributed by atoms with Crippen molar-refractivity contribution in [1.29, 1.82) is 0 Å². The fourth-order valence-corrected chi connectivity index (χ4v) is 3.16. The normalized spacial score (nSPS) is 23.9. The minimum Gasteiger partial charge on any atom is -0.467 e. The lowest BCUT2D eigenvalue weighted by atomic mass is 9.76. The summed E-state index contributed by atoms with van der Waals surface area (Å²) in [4.78, 5) is 8.42. The van der Waals surface area contributed by atoms with Crippen LogP contribution < -0.4 is 10.1 Å². The Morgan fingerprint density at radius 2 is 2.06 bits per heavy atom. The summed E-state index contributed by atoms with van der Waals surface area (Å²) in [5.41, 5.74) is 1.53. The van der Waals surface area contributed by atoms with Gasteiger partial charge in [-0.1, -0.05) is 20.3 Å². The van der Waals surface area contributed by atoms with Crippen molar-refractivity contribution in [3.05, 3.63) is 18.0 Å². The van der Waals surface area contributed by atoms with E-state index in [4.69, 9.17) is 4.74 Å². The van der Waals surface area contributed by atoms with Crippen LogP contribution in [0.15, 0.2) is 12.4 Å². The Hall–Kier alpha value is -1.16. The van der Waals surface area contributed by atoms with Crippen LogP contribution in [0.4, 0.5) is 0 Å². The van der Waals surface area contributed by atoms with Gasteiger partial charge in [-0.2, -0.15) is 0 Å². The summed E-state index contributed by atoms with van der Waals surface area (Å²) >= 11 is 0. The van der Waals surface area contributed by atoms with Crippen molar-refractivity contribution >= 4 is 0 Å². The molecule has 0 aliphatic heterocycles. The molecule has 2 unspecified atom stereocenters. The van der Waals surface area contributed by atoms with Gasteiger partial charge in [-0.15, -0.1) is 0 Å². The Balaban J connectivity index is 2.22. The third kappa shape index (κ3) is 2.48. The highest BCUT2D eigenvalue weighted by atomic mass is 16.5. The standard InChI is InChI=1S/C14H23N3O/c1-14(2)7-5-6-11(14)12(15-3)10-8-16-13(18-4)17-9-10/h8-9,11-12,15H,5-7H2,1-4H3. The van der Waals surface area contributed by atoms with E-state index in [9.17, 15) is 0 Å². The monoisotopic (exact) mass is 249 g/mol. The van der Waals surface area contributed by atoms with Crippen molar-refractivity contribution in [1.82, 2.24) is 15.3 Å². The first-order chi connectivity index (χ1) is 8.58. The van der Waals surface area contributed by atoms with Crippen LogP contribution in [0.5, 0.6) is 6.01 Å². The molecule has 0 spiro atoms. The van der Waals surface area contributed by atoms with Crippen molar-refractivity contribution < 1.29 is 4.74 Å². The molecule has 1 saturated carbocycles. The quantitative estimate of drug-likeness (QED) is 0.891. The van der Waals surface area contributed by atoms with Crippen LogP contribution >= 0.6 is 0 Å². The highest BCUT2D eigenvalue weighted by Crippen LogP contribution is 2.48. The van der Waals surface area contributed by atoms with Crippen LogP contribution in [0.25, 0.3) is 0 Å². The SMILES string of the molecule is CNC(c1cnc(OC)nc1)C1CCCC1(C)C. The molecule has 100 valence electrons. The number of rotatable bonds is 4. The maximum Gasteiger partial charge on any atom is 0.316 e. The molecular formula is C14H23N3O. The largest absolute Gasteiger partial charge is 0.467 e. The second-order valence-corrected chi connectivity index (χ2v) is 5.76. The maximum atomic E-state index is 5.01. The lowest BCUT2D eigenvalue weighted by molar-refractivity contribution is 0.203. The first-order valence-electron chi connectivity index (χ1n) is 6.61. The van der Waals surface area contributed by atoms with E-state index in [1.807, 2.05) is 19.4 Å². The Kier molecular flexibility index (Phi) is 3.85. The van der Waals surface area contributed by atoms with Crippen LogP contribution in [0.1, 0.15) is 44.7 Å². The van der Waals surface area contributed by atoms with Crippen molar-refractivity contribution in [2.24, 2.45) is 11.3 Å². The van der Waals surface area contributed by atoms with Gasteiger partial charge in [0.15, 0.2) is 0 Å². The third-order valence-corrected chi connectivity index (χ3v) is 4.24. The number of nitrogens with one attached hydrogen (secondary N) is 1. The maximum absolute atomic E-state index is 5.01. The van der Waals surface area contributed by atoms with Crippen LogP contribution in [0.2, 0.25) is 0 Å². The van der Waals surface area contributed by atoms with E-state index in [2.05, 4.69) is 29.1 Å². The average molecular weight is 249 g/mol. The summed E-state index contributed by atoms with van der Waals surface area (Å²) in [5.74, 6) is 0.638. The molecule has 1 aromatic rings. The van der Waals surface area contributed by atoms with E-state index in [-0.39, 0.29) is 0 Å². The molecule has 1 aliphatic carbocycles. The van der Waals surface area contributed by atoms with E-state index < -0.39 is 0 Å². The van der Waals surface area contributed by atoms with Gasteiger partial charge in [0.2, 0.25) is 0 Å². The molecule has 1 N–H and O–H groups in total. The van der Waals surface area contributed by atoms with Gasteiger partial charge in [0, 0.05) is 24.0 Å². The molecule has 1 heterocycles. The predicted molar refractivity (Wildman–Crippen MR) is 71.5 cm³/mol. The first kappa shape index (κ1) is 13.3. The van der Waals surface area contributed by atoms with Gasteiger partial charge in [0.25, 0.3) is 0 Å². The van der Waals surface area contributed by atoms with Crippen molar-refractivity contribution in [3.8, 4) is 6.01 Å². The van der Waals surface area contributed by atoms with E-state index in [1.54, 1.807) is 7.11 Å². The molecule has 4 nitrogen and oxygen atoms in total. The van der Waals surface area contributed by atoms with Crippen LogP contribution in [-0.4, -0.2) is 24.1 Å². The van der Waals surface area contributed by atoms with Crippen molar-refractivity contribution in [3.63, 3.8) is 0 Å². The van der Waals surface area contributed by atoms with Gasteiger partial charge in [-0.3, -0.25) is 0 Å². The number of nitrogens with zero attached hydrogens (tertiary/aromatic N) is 2. The zero-order chi connectivity index (χ0) is 13.2. The molecule has 2 atom stereocenters. The molecule has 1 aromatic heterocycles. The number of hydrogen-bond acceptors (Lipinski definition) is 4. The summed E-state index contributed by atoms with van der Waals surface area (Å²) in [6, 6.07) is 0.757. The lowest BCUT2D eigenvalue weighted by Gasteiger charge is -2.34. The highest BCUT2D eigenvalue weighted by molar-refractivity contribution is 5.15. The minimum absolute atomic E-state index is 0.327. The smallest absolute Gasteiger partial charge is 0.316 e. The topological polar surface area (TPSA) is 47.0 Å². The first-order valence-corrected chi connectivity index (χ1v) is 6.61. The molecule has 1 aliphatic rings. The van der Waals surface area contributed by atoms with Gasteiger partial charge in [-0.25, -0.2) is 9.97 Å². The Morgan fingerprint density at radius 1 is 1.39 bits per heavy atom. The molecule has 0 saturated heterocycles. The molecule has 4 heteroatoms. The molecule has 1 fully saturated rings. The predicted octanol–water partition coefficient (Wildman–Crippen LogP) is 2.57. The lowest BCUT2D eigenvalue weighted by Crippen LogP contribution is -2.32. The Bertz CT molecular complexity index is 389. The summed E-state index contributed by atoms with van der Waals surface area (Å²) in [6.45, 7) is 4.72. The Labute approximate surface area is 109 Å². The van der Waals surface area contributed by atoms with Crippen LogP contribution in [0, 0.1) is 11.3 Å². The summed E-state index contributed by atoms with van der Waals surface area (Å²) in [7, 11) is 3.61.